The van der Waals surface area contributed by atoms with Gasteiger partial charge in [0.25, 0.3) is 0 Å². The van der Waals surface area contributed by atoms with Gasteiger partial charge in [-0.1, -0.05) is 0 Å². The molecule has 0 unspecified atom stereocenters. The van der Waals surface area contributed by atoms with Gasteiger partial charge in [-0.05, 0) is 6.42 Å². The Balaban J connectivity index is 3.29. The summed E-state index contributed by atoms with van der Waals surface area (Å²) in [5, 5.41) is 2.38. The fourth-order valence-corrected chi connectivity index (χ4v) is 1.16. The number of rotatable bonds is 5. The molecular weight excluding hydrogens is 154 g/mol. The first kappa shape index (κ1) is 9.42. The van der Waals surface area contributed by atoms with Crippen LogP contribution in [0, 0.1) is 0 Å². The molecule has 0 fully saturated rings. The van der Waals surface area contributed by atoms with E-state index in [-0.39, 0.29) is 5.75 Å². The summed E-state index contributed by atoms with van der Waals surface area (Å²) < 4.78 is 21.0. The smallest absolute Gasteiger partial charge is 0.207 e. The van der Waals surface area contributed by atoms with Crippen molar-refractivity contribution in [2.45, 2.75) is 6.42 Å². The van der Waals surface area contributed by atoms with E-state index in [1.165, 1.54) is 6.26 Å². The maximum Gasteiger partial charge on any atom is 0.207 e. The molecule has 0 aliphatic heterocycles. The third-order valence-corrected chi connectivity index (χ3v) is 1.95. The standard InChI is InChI=1S/C5H11NO3S/c1-10(8,9)4-2-3-6-5-7/h5H,2-4H2,1H3,(H,6,7). The summed E-state index contributed by atoms with van der Waals surface area (Å²) in [5.41, 5.74) is 0. The summed E-state index contributed by atoms with van der Waals surface area (Å²) in [6, 6.07) is 0. The van der Waals surface area contributed by atoms with Crippen molar-refractivity contribution in [3.8, 4) is 0 Å². The van der Waals surface area contributed by atoms with Crippen LogP contribution < -0.4 is 5.32 Å². The van der Waals surface area contributed by atoms with E-state index in [9.17, 15) is 13.2 Å². The Kier molecular flexibility index (Phi) is 4.02. The van der Waals surface area contributed by atoms with Crippen molar-refractivity contribution < 1.29 is 13.2 Å². The lowest BCUT2D eigenvalue weighted by atomic mass is 10.5. The van der Waals surface area contributed by atoms with Crippen molar-refractivity contribution in [3.63, 3.8) is 0 Å². The van der Waals surface area contributed by atoms with Crippen LogP contribution in [0.2, 0.25) is 0 Å². The van der Waals surface area contributed by atoms with Crippen molar-refractivity contribution in [1.82, 2.24) is 5.32 Å². The van der Waals surface area contributed by atoms with Gasteiger partial charge in [-0.15, -0.1) is 0 Å². The molecule has 0 bridgehead atoms. The molecule has 1 amide bonds. The Hall–Kier alpha value is -0.580. The van der Waals surface area contributed by atoms with Gasteiger partial charge in [-0.25, -0.2) is 8.42 Å². The van der Waals surface area contributed by atoms with Crippen molar-refractivity contribution in [2.75, 3.05) is 18.6 Å². The van der Waals surface area contributed by atoms with Crippen LogP contribution in [-0.2, 0) is 14.6 Å². The predicted octanol–water partition coefficient (Wildman–Crippen LogP) is -0.833. The summed E-state index contributed by atoms with van der Waals surface area (Å²) in [6.45, 7) is 0.427. The molecule has 10 heavy (non-hydrogen) atoms. The molecule has 0 saturated carbocycles. The highest BCUT2D eigenvalue weighted by molar-refractivity contribution is 7.90. The number of amides is 1. The fraction of sp³-hybridized carbons (Fsp3) is 0.800. The van der Waals surface area contributed by atoms with Crippen LogP contribution in [0.4, 0.5) is 0 Å². The molecule has 5 heteroatoms. The molecule has 1 N–H and O–H groups in total. The normalized spacial score (nSPS) is 10.9. The van der Waals surface area contributed by atoms with Gasteiger partial charge < -0.3 is 5.32 Å². The van der Waals surface area contributed by atoms with E-state index in [0.717, 1.165) is 0 Å². The highest BCUT2D eigenvalue weighted by atomic mass is 32.2. The Morgan fingerprint density at radius 3 is 2.50 bits per heavy atom. The fourth-order valence-electron chi connectivity index (χ4n) is 0.495. The summed E-state index contributed by atoms with van der Waals surface area (Å²) in [7, 11) is -2.86. The molecule has 0 radical (unpaired) electrons. The zero-order valence-electron chi connectivity index (χ0n) is 5.83. The lowest BCUT2D eigenvalue weighted by molar-refractivity contribution is -0.109. The number of hydrogen-bond donors (Lipinski definition) is 1. The molecule has 0 aromatic heterocycles. The van der Waals surface area contributed by atoms with Gasteiger partial charge in [0, 0.05) is 12.8 Å². The minimum absolute atomic E-state index is 0.133. The number of nitrogens with one attached hydrogen (secondary N) is 1. The minimum atomic E-state index is -2.86. The maximum atomic E-state index is 10.5. The van der Waals surface area contributed by atoms with Crippen LogP contribution >= 0.6 is 0 Å². The second kappa shape index (κ2) is 4.27. The van der Waals surface area contributed by atoms with Gasteiger partial charge in [0.05, 0.1) is 5.75 Å². The van der Waals surface area contributed by atoms with Crippen molar-refractivity contribution in [3.05, 3.63) is 0 Å². The van der Waals surface area contributed by atoms with E-state index in [4.69, 9.17) is 0 Å². The second-order valence-electron chi connectivity index (χ2n) is 2.06. The second-order valence-corrected chi connectivity index (χ2v) is 4.32. The average Bonchev–Trinajstić information content (AvgIpc) is 1.78. The van der Waals surface area contributed by atoms with Crippen LogP contribution in [0.1, 0.15) is 6.42 Å². The zero-order chi connectivity index (χ0) is 8.04. The van der Waals surface area contributed by atoms with E-state index < -0.39 is 9.84 Å². The SMILES string of the molecule is CS(=O)(=O)CCCNC=O. The Bertz CT molecular complexity index is 185. The Morgan fingerprint density at radius 1 is 1.50 bits per heavy atom. The maximum absolute atomic E-state index is 10.5. The summed E-state index contributed by atoms with van der Waals surface area (Å²) >= 11 is 0. The van der Waals surface area contributed by atoms with Gasteiger partial charge in [0.1, 0.15) is 9.84 Å². The quantitative estimate of drug-likeness (QED) is 0.427. The lowest BCUT2D eigenvalue weighted by Crippen LogP contribution is -2.15. The lowest BCUT2D eigenvalue weighted by Gasteiger charge is -1.96. The Morgan fingerprint density at radius 2 is 2.10 bits per heavy atom. The molecule has 0 atom stereocenters. The van der Waals surface area contributed by atoms with Crippen molar-refractivity contribution >= 4 is 16.2 Å². The molecular formula is C5H11NO3S. The van der Waals surface area contributed by atoms with Gasteiger partial charge in [0.15, 0.2) is 0 Å². The van der Waals surface area contributed by atoms with Crippen LogP contribution in [0.25, 0.3) is 0 Å². The first-order valence-electron chi connectivity index (χ1n) is 2.91. The van der Waals surface area contributed by atoms with Crippen molar-refractivity contribution in [2.24, 2.45) is 0 Å². The largest absolute Gasteiger partial charge is 0.359 e. The predicted molar refractivity (Wildman–Crippen MR) is 38.4 cm³/mol. The van der Waals surface area contributed by atoms with E-state index in [1.807, 2.05) is 0 Å². The van der Waals surface area contributed by atoms with Crippen LogP contribution in [0.15, 0.2) is 0 Å². The monoisotopic (exact) mass is 165 g/mol. The molecule has 0 rings (SSSR count). The molecule has 0 aromatic rings. The zero-order valence-corrected chi connectivity index (χ0v) is 6.65. The third-order valence-electron chi connectivity index (χ3n) is 0.920. The third kappa shape index (κ3) is 7.42. The van der Waals surface area contributed by atoms with E-state index >= 15 is 0 Å². The van der Waals surface area contributed by atoms with Crippen LogP contribution in [0.3, 0.4) is 0 Å². The van der Waals surface area contributed by atoms with Gasteiger partial charge in [0.2, 0.25) is 6.41 Å². The first-order valence-corrected chi connectivity index (χ1v) is 4.97. The van der Waals surface area contributed by atoms with Crippen LogP contribution in [0.5, 0.6) is 0 Å². The van der Waals surface area contributed by atoms with Gasteiger partial charge in [-0.3, -0.25) is 4.79 Å². The van der Waals surface area contributed by atoms with Gasteiger partial charge >= 0.3 is 0 Å². The number of hydrogen-bond acceptors (Lipinski definition) is 3. The molecule has 0 aliphatic rings. The summed E-state index contributed by atoms with van der Waals surface area (Å²) in [5.74, 6) is 0.133. The van der Waals surface area contributed by atoms with Crippen molar-refractivity contribution in [1.29, 1.82) is 0 Å². The molecule has 4 nitrogen and oxygen atoms in total. The molecule has 0 aromatic carbocycles. The topological polar surface area (TPSA) is 63.2 Å². The van der Waals surface area contributed by atoms with Gasteiger partial charge in [-0.2, -0.15) is 0 Å². The molecule has 0 aliphatic carbocycles. The summed E-state index contributed by atoms with van der Waals surface area (Å²) in [6.07, 6.45) is 2.22. The van der Waals surface area contributed by atoms with E-state index in [1.54, 1.807) is 0 Å². The molecule has 60 valence electrons. The first-order chi connectivity index (χ1) is 4.56. The number of sulfone groups is 1. The Labute approximate surface area is 60.5 Å². The number of carbonyl (C=O) groups excluding carboxylic acids is 1. The van der Waals surface area contributed by atoms with Crippen LogP contribution in [-0.4, -0.2) is 33.4 Å². The van der Waals surface area contributed by atoms with E-state index in [2.05, 4.69) is 5.32 Å². The molecule has 0 saturated heterocycles. The summed E-state index contributed by atoms with van der Waals surface area (Å²) in [4.78, 5) is 9.67. The molecule has 0 heterocycles. The minimum Gasteiger partial charge on any atom is -0.359 e. The highest BCUT2D eigenvalue weighted by Gasteiger charge is 1.99. The average molecular weight is 165 g/mol. The van der Waals surface area contributed by atoms with E-state index in [0.29, 0.717) is 19.4 Å². The molecule has 0 spiro atoms. The highest BCUT2D eigenvalue weighted by Crippen LogP contribution is 1.85. The number of carbonyl (C=O) groups is 1.